The number of ether oxygens (including phenoxy) is 2. The first kappa shape index (κ1) is 19.8. The fraction of sp³-hybridized carbons (Fsp3) is 0.125. The lowest BCUT2D eigenvalue weighted by molar-refractivity contribution is 0.102. The van der Waals surface area contributed by atoms with Crippen LogP contribution in [0.25, 0.3) is 0 Å². The zero-order chi connectivity index (χ0) is 18.9. The quantitative estimate of drug-likeness (QED) is 0.639. The van der Waals surface area contributed by atoms with Gasteiger partial charge >= 0.3 is 0 Å². The number of amides is 1. The minimum atomic E-state index is -0.486. The summed E-state index contributed by atoms with van der Waals surface area (Å²) in [5.74, 6) is 0.798. The third kappa shape index (κ3) is 5.25. The van der Waals surface area contributed by atoms with E-state index < -0.39 is 5.24 Å². The third-order valence-corrected chi connectivity index (χ3v) is 4.73. The number of carbonyl (C=O) groups excluding carboxylic acids is 2. The Hall–Kier alpha value is -2.49. The van der Waals surface area contributed by atoms with Gasteiger partial charge in [-0.25, -0.2) is 9.97 Å². The molecule has 0 radical (unpaired) electrons. The van der Waals surface area contributed by atoms with Crippen molar-refractivity contribution in [1.29, 1.82) is 0 Å². The zero-order valence-corrected chi connectivity index (χ0v) is 16.2. The SMILES string of the molecule is COc1cccc(OC)c1NC(=O)c1nccs1.O=C(Cl)c1nccs1. The molecule has 0 saturated carbocycles. The molecule has 2 heterocycles. The van der Waals surface area contributed by atoms with E-state index in [1.165, 1.54) is 36.9 Å². The monoisotopic (exact) mass is 411 g/mol. The van der Waals surface area contributed by atoms with Crippen molar-refractivity contribution in [3.8, 4) is 11.5 Å². The molecule has 0 unspecified atom stereocenters. The fourth-order valence-electron chi connectivity index (χ4n) is 1.80. The maximum absolute atomic E-state index is 11.9. The van der Waals surface area contributed by atoms with Gasteiger partial charge in [0.15, 0.2) is 10.0 Å². The van der Waals surface area contributed by atoms with E-state index in [1.807, 2.05) is 0 Å². The molecule has 1 aromatic carbocycles. The van der Waals surface area contributed by atoms with Gasteiger partial charge in [0.1, 0.15) is 17.2 Å². The van der Waals surface area contributed by atoms with Crippen molar-refractivity contribution in [3.05, 3.63) is 51.4 Å². The second-order valence-electron chi connectivity index (χ2n) is 4.44. The van der Waals surface area contributed by atoms with Crippen LogP contribution in [-0.4, -0.2) is 35.3 Å². The number of thiazole rings is 2. The van der Waals surface area contributed by atoms with Crippen LogP contribution in [0.4, 0.5) is 5.69 Å². The Labute approximate surface area is 162 Å². The van der Waals surface area contributed by atoms with E-state index in [1.54, 1.807) is 41.4 Å². The van der Waals surface area contributed by atoms with Gasteiger partial charge in [-0.15, -0.1) is 22.7 Å². The summed E-state index contributed by atoms with van der Waals surface area (Å²) in [6.07, 6.45) is 3.12. The van der Waals surface area contributed by atoms with Gasteiger partial charge in [-0.1, -0.05) is 6.07 Å². The van der Waals surface area contributed by atoms with Crippen LogP contribution < -0.4 is 14.8 Å². The number of carbonyl (C=O) groups is 2. The summed E-state index contributed by atoms with van der Waals surface area (Å²) in [5, 5.41) is 6.45. The van der Waals surface area contributed by atoms with E-state index in [9.17, 15) is 9.59 Å². The second-order valence-corrected chi connectivity index (χ2v) is 6.57. The first-order valence-electron chi connectivity index (χ1n) is 7.08. The van der Waals surface area contributed by atoms with Crippen LogP contribution in [0.3, 0.4) is 0 Å². The highest BCUT2D eigenvalue weighted by atomic mass is 35.5. The van der Waals surface area contributed by atoms with Crippen LogP contribution in [0.2, 0.25) is 0 Å². The summed E-state index contributed by atoms with van der Waals surface area (Å²) >= 11 is 7.56. The first-order chi connectivity index (χ1) is 12.6. The number of hydrogen-bond acceptors (Lipinski definition) is 8. The number of benzene rings is 1. The highest BCUT2D eigenvalue weighted by molar-refractivity contribution is 7.13. The van der Waals surface area contributed by atoms with Gasteiger partial charge in [-0.2, -0.15) is 0 Å². The standard InChI is InChI=1S/C12H12N2O3S.C4H2ClNOS/c1-16-8-4-3-5-9(17-2)10(8)14-11(15)12-13-6-7-18-12;5-3(7)4-6-1-2-8-4/h3-7H,1-2H3,(H,14,15);1-2H. The number of methoxy groups -OCH3 is 2. The number of halogens is 1. The molecule has 0 aliphatic heterocycles. The van der Waals surface area contributed by atoms with Gasteiger partial charge in [-0.3, -0.25) is 9.59 Å². The van der Waals surface area contributed by atoms with E-state index in [-0.39, 0.29) is 5.91 Å². The summed E-state index contributed by atoms with van der Waals surface area (Å²) in [6, 6.07) is 5.29. The summed E-state index contributed by atoms with van der Waals surface area (Å²) in [6.45, 7) is 0. The highest BCUT2D eigenvalue weighted by Crippen LogP contribution is 2.34. The molecular weight excluding hydrogens is 398 g/mol. The fourth-order valence-corrected chi connectivity index (χ4v) is 2.98. The predicted molar refractivity (Wildman–Crippen MR) is 102 cm³/mol. The Bertz CT molecular complexity index is 832. The topological polar surface area (TPSA) is 90.4 Å². The molecular formula is C16H14ClN3O4S2. The van der Waals surface area contributed by atoms with Gasteiger partial charge in [-0.05, 0) is 23.7 Å². The van der Waals surface area contributed by atoms with Crippen molar-refractivity contribution in [2.75, 3.05) is 19.5 Å². The van der Waals surface area contributed by atoms with Crippen LogP contribution in [0, 0.1) is 0 Å². The van der Waals surface area contributed by atoms with E-state index in [0.29, 0.717) is 27.2 Å². The minimum absolute atomic E-state index is 0.284. The molecule has 136 valence electrons. The molecule has 1 amide bonds. The third-order valence-electron chi connectivity index (χ3n) is 2.89. The Balaban J connectivity index is 0.000000254. The Morgan fingerprint density at radius 2 is 1.54 bits per heavy atom. The second kappa shape index (κ2) is 9.85. The minimum Gasteiger partial charge on any atom is -0.494 e. The molecule has 0 aliphatic carbocycles. The summed E-state index contributed by atoms with van der Waals surface area (Å²) in [7, 11) is 3.07. The average Bonchev–Trinajstić information content (AvgIpc) is 3.36. The van der Waals surface area contributed by atoms with E-state index >= 15 is 0 Å². The molecule has 2 aromatic heterocycles. The van der Waals surface area contributed by atoms with Crippen molar-refractivity contribution in [1.82, 2.24) is 9.97 Å². The molecule has 1 N–H and O–H groups in total. The molecule has 10 heteroatoms. The van der Waals surface area contributed by atoms with Gasteiger partial charge in [0.05, 0.1) is 14.2 Å². The van der Waals surface area contributed by atoms with Gasteiger partial charge in [0, 0.05) is 23.2 Å². The molecule has 0 fully saturated rings. The molecule has 0 atom stereocenters. The summed E-state index contributed by atoms with van der Waals surface area (Å²) < 4.78 is 10.4. The number of nitrogens with one attached hydrogen (secondary N) is 1. The number of anilines is 1. The smallest absolute Gasteiger partial charge is 0.284 e. The van der Waals surface area contributed by atoms with Crippen molar-refractivity contribution >= 4 is 51.1 Å². The Morgan fingerprint density at radius 3 is 1.92 bits per heavy atom. The average molecular weight is 412 g/mol. The summed E-state index contributed by atoms with van der Waals surface area (Å²) in [4.78, 5) is 29.8. The lowest BCUT2D eigenvalue weighted by Crippen LogP contribution is -2.13. The number of aromatic nitrogens is 2. The van der Waals surface area contributed by atoms with Crippen LogP contribution in [-0.2, 0) is 0 Å². The number of hydrogen-bond donors (Lipinski definition) is 1. The van der Waals surface area contributed by atoms with Gasteiger partial charge in [0.25, 0.3) is 11.1 Å². The summed E-state index contributed by atoms with van der Waals surface area (Å²) in [5.41, 5.74) is 0.503. The van der Waals surface area contributed by atoms with Crippen molar-refractivity contribution in [2.45, 2.75) is 0 Å². The van der Waals surface area contributed by atoms with Crippen LogP contribution >= 0.6 is 34.3 Å². The molecule has 0 bridgehead atoms. The molecule has 26 heavy (non-hydrogen) atoms. The zero-order valence-electron chi connectivity index (χ0n) is 13.8. The molecule has 3 aromatic rings. The van der Waals surface area contributed by atoms with Gasteiger partial charge < -0.3 is 14.8 Å². The molecule has 0 saturated heterocycles. The Morgan fingerprint density at radius 1 is 1.00 bits per heavy atom. The van der Waals surface area contributed by atoms with E-state index in [2.05, 4.69) is 15.3 Å². The normalized spacial score (nSPS) is 9.65. The Kier molecular flexibility index (Phi) is 7.52. The molecule has 7 nitrogen and oxygen atoms in total. The molecule has 0 aliphatic rings. The molecule has 3 rings (SSSR count). The van der Waals surface area contributed by atoms with Gasteiger partial charge in [0.2, 0.25) is 0 Å². The lowest BCUT2D eigenvalue weighted by atomic mass is 10.2. The van der Waals surface area contributed by atoms with E-state index in [0.717, 1.165) is 0 Å². The van der Waals surface area contributed by atoms with E-state index in [4.69, 9.17) is 21.1 Å². The van der Waals surface area contributed by atoms with Crippen LogP contribution in [0.5, 0.6) is 11.5 Å². The number of para-hydroxylation sites is 1. The number of nitrogens with zero attached hydrogens (tertiary/aromatic N) is 2. The van der Waals surface area contributed by atoms with Crippen molar-refractivity contribution in [3.63, 3.8) is 0 Å². The van der Waals surface area contributed by atoms with Crippen molar-refractivity contribution < 1.29 is 19.1 Å². The number of rotatable bonds is 5. The van der Waals surface area contributed by atoms with Crippen LogP contribution in [0.1, 0.15) is 19.6 Å². The largest absolute Gasteiger partial charge is 0.494 e. The van der Waals surface area contributed by atoms with Crippen LogP contribution in [0.15, 0.2) is 41.4 Å². The van der Waals surface area contributed by atoms with Crippen molar-refractivity contribution in [2.24, 2.45) is 0 Å². The maximum Gasteiger partial charge on any atom is 0.284 e. The lowest BCUT2D eigenvalue weighted by Gasteiger charge is -2.13. The predicted octanol–water partition coefficient (Wildman–Crippen LogP) is 3.93. The maximum atomic E-state index is 11.9. The molecule has 0 spiro atoms. The first-order valence-corrected chi connectivity index (χ1v) is 9.21. The highest BCUT2D eigenvalue weighted by Gasteiger charge is 2.15.